The molecule has 0 aliphatic rings. The van der Waals surface area contributed by atoms with Crippen LogP contribution in [0, 0.1) is 19.7 Å². The van der Waals surface area contributed by atoms with E-state index in [1.807, 2.05) is 13.8 Å². The van der Waals surface area contributed by atoms with Gasteiger partial charge >= 0.3 is 169 Å². The summed E-state index contributed by atoms with van der Waals surface area (Å²) in [7, 11) is -6.26. The van der Waals surface area contributed by atoms with Crippen molar-refractivity contribution in [3.8, 4) is 19.7 Å². The van der Waals surface area contributed by atoms with Crippen LogP contribution in [0.3, 0.4) is 0 Å². The molecule has 0 amide bonds. The molecule has 0 rings (SSSR count). The molecule has 0 fully saturated rings. The van der Waals surface area contributed by atoms with Gasteiger partial charge in [-0.15, -0.1) is 0 Å². The van der Waals surface area contributed by atoms with E-state index in [9.17, 15) is 0 Å². The molecular formula is C18H42N2Si4Sn. The molecule has 0 aromatic rings. The predicted molar refractivity (Wildman–Crippen MR) is 130 cm³/mol. The average molecular weight is 518 g/mol. The normalized spacial score (nSPS) is 14.1. The number of nitrogens with zero attached hydrogens (tertiary/aromatic N) is 2. The zero-order chi connectivity index (χ0) is 20.5. The summed E-state index contributed by atoms with van der Waals surface area (Å²) in [5, 5.41) is 0. The molecule has 7 heteroatoms. The van der Waals surface area contributed by atoms with E-state index < -0.39 is 51.9 Å². The van der Waals surface area contributed by atoms with Gasteiger partial charge in [-0.05, 0) is 0 Å². The van der Waals surface area contributed by atoms with Gasteiger partial charge in [0.1, 0.15) is 0 Å². The molecule has 0 saturated heterocycles. The molecule has 0 heterocycles. The molecule has 0 saturated carbocycles. The molecule has 0 aromatic carbocycles. The maximum absolute atomic E-state index is 3.90. The van der Waals surface area contributed by atoms with Crippen molar-refractivity contribution in [1.82, 2.24) is 4.91 Å². The number of hydrogen-bond acceptors (Lipinski definition) is 2. The summed E-state index contributed by atoms with van der Waals surface area (Å²) in [6, 6.07) is 0. The summed E-state index contributed by atoms with van der Waals surface area (Å²) >= 11 is -3.41. The van der Waals surface area contributed by atoms with Crippen molar-refractivity contribution in [2.45, 2.75) is 92.4 Å². The minimum atomic E-state index is -3.41. The van der Waals surface area contributed by atoms with Gasteiger partial charge in [-0.25, -0.2) is 0 Å². The monoisotopic (exact) mass is 518 g/mol. The Labute approximate surface area is 168 Å². The van der Waals surface area contributed by atoms with E-state index in [0.29, 0.717) is 0 Å². The Hall–Kier alpha value is 0.706. The van der Waals surface area contributed by atoms with Crippen LogP contribution in [0.4, 0.5) is 0 Å². The Balaban J connectivity index is 7.27. The average Bonchev–Trinajstić information content (AvgIpc) is 2.19. The van der Waals surface area contributed by atoms with Gasteiger partial charge in [-0.2, -0.15) is 0 Å². The fourth-order valence-corrected chi connectivity index (χ4v) is 70.3. The van der Waals surface area contributed by atoms with Crippen molar-refractivity contribution < 1.29 is 0 Å². The number of rotatable bonds is 6. The van der Waals surface area contributed by atoms with Crippen molar-refractivity contribution in [3.05, 3.63) is 0 Å². The second-order valence-electron chi connectivity index (χ2n) is 10.8. The minimum absolute atomic E-state index is 1.57. The van der Waals surface area contributed by atoms with Crippen LogP contribution in [0.25, 0.3) is 0 Å². The SMILES string of the molecule is CC#[C][Sn]([C]#CC)([N]([Si](C)(C)C)[Si](C)(C)C)[N]([Si](C)(C)C)[Si](C)(C)C. The Kier molecular flexibility index (Phi) is 8.62. The first-order valence-electron chi connectivity index (χ1n) is 9.34. The third-order valence-corrected chi connectivity index (χ3v) is 56.1. The van der Waals surface area contributed by atoms with E-state index in [4.69, 9.17) is 0 Å². The molecule has 0 atom stereocenters. The second kappa shape index (κ2) is 8.38. The first-order chi connectivity index (χ1) is 10.9. The van der Waals surface area contributed by atoms with Gasteiger partial charge in [-0.1, -0.05) is 0 Å². The molecule has 2 nitrogen and oxygen atoms in total. The molecule has 25 heavy (non-hydrogen) atoms. The topological polar surface area (TPSA) is 6.48 Å². The second-order valence-corrected chi connectivity index (χ2v) is 43.7. The number of hydrogen-bond donors (Lipinski definition) is 0. The Morgan fingerprint density at radius 3 is 0.800 bits per heavy atom. The van der Waals surface area contributed by atoms with Crippen molar-refractivity contribution in [2.75, 3.05) is 0 Å². The molecule has 0 bridgehead atoms. The summed E-state index contributed by atoms with van der Waals surface area (Å²) < 4.78 is 13.9. The third-order valence-electron chi connectivity index (χ3n) is 3.93. The van der Waals surface area contributed by atoms with Crippen LogP contribution < -0.4 is 0 Å². The van der Waals surface area contributed by atoms with Gasteiger partial charge < -0.3 is 0 Å². The molecule has 0 spiro atoms. The van der Waals surface area contributed by atoms with Gasteiger partial charge in [0.05, 0.1) is 0 Å². The van der Waals surface area contributed by atoms with Gasteiger partial charge in [0.25, 0.3) is 0 Å². The summed E-state index contributed by atoms with van der Waals surface area (Å²) in [5.74, 6) is 6.78. The summed E-state index contributed by atoms with van der Waals surface area (Å²) in [6.45, 7) is 34.2. The van der Waals surface area contributed by atoms with Crippen molar-refractivity contribution >= 4 is 51.9 Å². The van der Waals surface area contributed by atoms with Crippen LogP contribution in [0.2, 0.25) is 78.6 Å². The van der Waals surface area contributed by atoms with Crippen molar-refractivity contribution in [3.63, 3.8) is 0 Å². The molecule has 0 aliphatic carbocycles. The Bertz CT molecular complexity index is 502. The van der Waals surface area contributed by atoms with Gasteiger partial charge in [0.2, 0.25) is 0 Å². The van der Waals surface area contributed by atoms with Crippen LogP contribution in [0.15, 0.2) is 0 Å². The molecular weight excluding hydrogens is 475 g/mol. The maximum atomic E-state index is 3.90. The quantitative estimate of drug-likeness (QED) is 0.339. The fourth-order valence-electron chi connectivity index (χ4n) is 4.66. The molecule has 144 valence electrons. The summed E-state index contributed by atoms with van der Waals surface area (Å²) in [4.78, 5) is 0. The van der Waals surface area contributed by atoms with Crippen LogP contribution in [-0.2, 0) is 0 Å². The van der Waals surface area contributed by atoms with Gasteiger partial charge in [-0.3, -0.25) is 0 Å². The zero-order valence-electron chi connectivity index (χ0n) is 19.4. The molecule has 0 aromatic heterocycles. The third kappa shape index (κ3) is 6.37. The summed E-state index contributed by atoms with van der Waals surface area (Å²) in [5.41, 5.74) is 0. The van der Waals surface area contributed by atoms with E-state index >= 15 is 0 Å². The van der Waals surface area contributed by atoms with E-state index in [1.54, 1.807) is 0 Å². The van der Waals surface area contributed by atoms with Crippen molar-refractivity contribution in [1.29, 1.82) is 0 Å². The molecule has 0 radical (unpaired) electrons. The molecule has 0 aliphatic heterocycles. The molecule has 0 unspecified atom stereocenters. The van der Waals surface area contributed by atoms with Gasteiger partial charge in [0.15, 0.2) is 0 Å². The Morgan fingerprint density at radius 1 is 0.480 bits per heavy atom. The summed E-state index contributed by atoms with van der Waals surface area (Å²) in [6.07, 6.45) is 0. The Morgan fingerprint density at radius 2 is 0.680 bits per heavy atom. The van der Waals surface area contributed by atoms with E-state index in [1.165, 1.54) is 0 Å². The fraction of sp³-hybridized carbons (Fsp3) is 0.778. The standard InChI is InChI=1S/2C6H18NSi2.2C3H3.Sn/c2*1-8(2,3)7-9(4,5)6;2*1-3-2;/h2*1-6H3;2*1H3;/q2*-1;;;+2. The van der Waals surface area contributed by atoms with Gasteiger partial charge in [0, 0.05) is 0 Å². The molecule has 0 N–H and O–H groups in total. The predicted octanol–water partition coefficient (Wildman–Crippen LogP) is 5.50. The van der Waals surface area contributed by atoms with E-state index in [0.717, 1.165) is 0 Å². The van der Waals surface area contributed by atoms with Crippen molar-refractivity contribution in [2.24, 2.45) is 0 Å². The van der Waals surface area contributed by atoms with E-state index in [2.05, 4.69) is 103 Å². The zero-order valence-corrected chi connectivity index (χ0v) is 26.2. The van der Waals surface area contributed by atoms with Crippen LogP contribution >= 0.6 is 0 Å². The van der Waals surface area contributed by atoms with E-state index in [-0.39, 0.29) is 0 Å². The first kappa shape index (κ1) is 25.7. The van der Waals surface area contributed by atoms with Crippen LogP contribution in [0.5, 0.6) is 0 Å². The van der Waals surface area contributed by atoms with Crippen LogP contribution in [0.1, 0.15) is 13.8 Å². The first-order valence-corrected chi connectivity index (χ1v) is 28.5. The van der Waals surface area contributed by atoms with Crippen LogP contribution in [-0.4, -0.2) is 56.8 Å².